The van der Waals surface area contributed by atoms with Gasteiger partial charge in [-0.3, -0.25) is 4.79 Å². The van der Waals surface area contributed by atoms with E-state index in [1.807, 2.05) is 25.1 Å². The Hall–Kier alpha value is -4.22. The van der Waals surface area contributed by atoms with Gasteiger partial charge in [0, 0.05) is 36.6 Å². The van der Waals surface area contributed by atoms with Crippen LogP contribution in [0.4, 0.5) is 22.0 Å². The van der Waals surface area contributed by atoms with Gasteiger partial charge in [-0.15, -0.1) is 0 Å². The van der Waals surface area contributed by atoms with Gasteiger partial charge in [-0.25, -0.2) is 14.8 Å². The van der Waals surface area contributed by atoms with Gasteiger partial charge in [0.25, 0.3) is 5.91 Å². The Morgan fingerprint density at radius 1 is 1.00 bits per heavy atom. The van der Waals surface area contributed by atoms with E-state index in [1.165, 1.54) is 0 Å². The maximum atomic E-state index is 13.4. The van der Waals surface area contributed by atoms with Crippen molar-refractivity contribution in [3.8, 4) is 17.1 Å². The van der Waals surface area contributed by atoms with E-state index < -0.39 is 0 Å². The first-order chi connectivity index (χ1) is 18.1. The highest BCUT2D eigenvalue weighted by atomic mass is 16.5. The number of aromatic nitrogens is 2. The lowest BCUT2D eigenvalue weighted by Crippen LogP contribution is -2.41. The van der Waals surface area contributed by atoms with Crippen LogP contribution in [0.25, 0.3) is 11.4 Å². The highest BCUT2D eigenvalue weighted by molar-refractivity contribution is 6.00. The van der Waals surface area contributed by atoms with Crippen LogP contribution in [0.1, 0.15) is 17.4 Å². The molecule has 0 unspecified atom stereocenters. The van der Waals surface area contributed by atoms with Crippen molar-refractivity contribution in [3.05, 3.63) is 60.3 Å². The fraction of sp³-hybridized carbons (Fsp3) is 0.308. The van der Waals surface area contributed by atoms with Crippen LogP contribution in [0, 0.1) is 0 Å². The lowest BCUT2D eigenvalue weighted by atomic mass is 10.1. The number of carbonyl (C=O) groups is 2. The van der Waals surface area contributed by atoms with Gasteiger partial charge in [0.05, 0.1) is 26.4 Å². The molecule has 1 fully saturated rings. The molecule has 3 aromatic rings. The van der Waals surface area contributed by atoms with Crippen molar-refractivity contribution < 1.29 is 24.2 Å². The largest absolute Gasteiger partial charge is 0.488 e. The van der Waals surface area contributed by atoms with E-state index in [2.05, 4.69) is 25.9 Å². The summed E-state index contributed by atoms with van der Waals surface area (Å²) in [5, 5.41) is 17.9. The molecular weight excluding hydrogens is 476 g/mol. The molecule has 37 heavy (non-hydrogen) atoms. The lowest BCUT2D eigenvalue weighted by molar-refractivity contribution is 0.0296. The Bertz CT molecular complexity index is 1200. The van der Waals surface area contributed by atoms with E-state index in [0.29, 0.717) is 61.5 Å². The second-order valence-corrected chi connectivity index (χ2v) is 8.08. The monoisotopic (exact) mass is 506 g/mol. The number of carbonyl (C=O) groups excluding carboxylic acids is 2. The van der Waals surface area contributed by atoms with Crippen molar-refractivity contribution in [2.24, 2.45) is 0 Å². The molecule has 4 rings (SSSR count). The van der Waals surface area contributed by atoms with Gasteiger partial charge in [-0.1, -0.05) is 18.2 Å². The average molecular weight is 507 g/mol. The number of anilines is 3. The molecule has 4 N–H and O–H groups in total. The number of hydrogen-bond donors (Lipinski definition) is 4. The summed E-state index contributed by atoms with van der Waals surface area (Å²) in [6, 6.07) is 15.7. The zero-order valence-corrected chi connectivity index (χ0v) is 20.6. The smallest absolute Gasteiger partial charge is 0.323 e. The molecule has 0 radical (unpaired) electrons. The second-order valence-electron chi connectivity index (χ2n) is 8.08. The number of urea groups is 1. The first kappa shape index (κ1) is 25.9. The Morgan fingerprint density at radius 3 is 2.32 bits per heavy atom. The number of hydrogen-bond acceptors (Lipinski definition) is 8. The van der Waals surface area contributed by atoms with Crippen LogP contribution >= 0.6 is 0 Å². The van der Waals surface area contributed by atoms with Crippen LogP contribution in [-0.4, -0.2) is 78.0 Å². The number of ether oxygens (including phenoxy) is 2. The molecule has 0 spiro atoms. The van der Waals surface area contributed by atoms with Crippen molar-refractivity contribution in [2.75, 3.05) is 62.0 Å². The molecule has 1 aliphatic heterocycles. The predicted octanol–water partition coefficient (Wildman–Crippen LogP) is 3.06. The molecule has 11 heteroatoms. The molecule has 1 aromatic heterocycles. The molecule has 11 nitrogen and oxygen atoms in total. The van der Waals surface area contributed by atoms with Gasteiger partial charge in [0.1, 0.15) is 0 Å². The minimum absolute atomic E-state index is 0.122. The van der Waals surface area contributed by atoms with Crippen LogP contribution in [0.5, 0.6) is 5.75 Å². The fourth-order valence-corrected chi connectivity index (χ4v) is 3.73. The van der Waals surface area contributed by atoms with Crippen molar-refractivity contribution in [1.29, 1.82) is 0 Å². The maximum Gasteiger partial charge on any atom is 0.323 e. The van der Waals surface area contributed by atoms with E-state index in [-0.39, 0.29) is 36.5 Å². The number of aliphatic hydroxyl groups is 1. The van der Waals surface area contributed by atoms with E-state index in [9.17, 15) is 14.7 Å². The molecule has 3 amide bonds. The van der Waals surface area contributed by atoms with Gasteiger partial charge >= 0.3 is 6.03 Å². The van der Waals surface area contributed by atoms with Gasteiger partial charge in [-0.05, 0) is 43.3 Å². The molecule has 194 valence electrons. The van der Waals surface area contributed by atoms with Crippen LogP contribution in [0.3, 0.4) is 0 Å². The van der Waals surface area contributed by atoms with Gasteiger partial charge < -0.3 is 35.4 Å². The highest BCUT2D eigenvalue weighted by Crippen LogP contribution is 2.31. The summed E-state index contributed by atoms with van der Waals surface area (Å²) in [6.45, 7) is 4.04. The summed E-state index contributed by atoms with van der Waals surface area (Å²) in [7, 11) is 0. The normalized spacial score (nSPS) is 13.1. The summed E-state index contributed by atoms with van der Waals surface area (Å²) in [5.74, 6) is 0.591. The van der Waals surface area contributed by atoms with Gasteiger partial charge in [0.2, 0.25) is 0 Å². The van der Waals surface area contributed by atoms with Crippen molar-refractivity contribution >= 4 is 29.1 Å². The van der Waals surface area contributed by atoms with Crippen LogP contribution in [-0.2, 0) is 4.74 Å². The van der Waals surface area contributed by atoms with Crippen molar-refractivity contribution in [1.82, 2.24) is 14.9 Å². The summed E-state index contributed by atoms with van der Waals surface area (Å²) in [6.07, 6.45) is 0. The number of amides is 3. The van der Waals surface area contributed by atoms with Crippen LogP contribution in [0.15, 0.2) is 54.6 Å². The number of para-hydroxylation sites is 1. The van der Waals surface area contributed by atoms with Crippen molar-refractivity contribution in [2.45, 2.75) is 6.92 Å². The molecule has 1 saturated heterocycles. The number of rotatable bonds is 9. The molecule has 0 bridgehead atoms. The summed E-state index contributed by atoms with van der Waals surface area (Å²) in [4.78, 5) is 36.5. The molecular formula is C26H30N6O5. The quantitative estimate of drug-likeness (QED) is 0.347. The first-order valence-electron chi connectivity index (χ1n) is 12.1. The fourth-order valence-electron chi connectivity index (χ4n) is 3.73. The minimum atomic E-state index is -0.370. The van der Waals surface area contributed by atoms with E-state index in [4.69, 9.17) is 9.47 Å². The topological polar surface area (TPSA) is 138 Å². The highest BCUT2D eigenvalue weighted by Gasteiger charge is 2.27. The summed E-state index contributed by atoms with van der Waals surface area (Å²) >= 11 is 0. The molecule has 0 aliphatic carbocycles. The van der Waals surface area contributed by atoms with Gasteiger partial charge in [-0.2, -0.15) is 0 Å². The standard InChI is InChI=1S/C26H30N6O5/c1-2-37-22-21(25(34)32-13-16-36-17-14-32)30-23(31-24(22)27-12-15-33)18-8-10-20(11-9-18)29-26(35)28-19-6-4-3-5-7-19/h3-11,33H,2,12-17H2,1H3,(H,27,30,31)(H2,28,29,35). The Balaban J connectivity index is 1.60. The zero-order chi connectivity index (χ0) is 26.0. The number of nitrogens with zero attached hydrogens (tertiary/aromatic N) is 3. The lowest BCUT2D eigenvalue weighted by Gasteiger charge is -2.27. The minimum Gasteiger partial charge on any atom is -0.488 e. The number of aliphatic hydroxyl groups excluding tert-OH is 1. The Morgan fingerprint density at radius 2 is 1.68 bits per heavy atom. The predicted molar refractivity (Wildman–Crippen MR) is 140 cm³/mol. The van der Waals surface area contributed by atoms with E-state index in [1.54, 1.807) is 41.3 Å². The first-order valence-corrected chi connectivity index (χ1v) is 12.1. The third kappa shape index (κ3) is 6.72. The van der Waals surface area contributed by atoms with Crippen molar-refractivity contribution in [3.63, 3.8) is 0 Å². The molecule has 2 aromatic carbocycles. The number of nitrogens with one attached hydrogen (secondary N) is 3. The molecule has 2 heterocycles. The third-order valence-corrected chi connectivity index (χ3v) is 5.49. The third-order valence-electron chi connectivity index (χ3n) is 5.49. The SMILES string of the molecule is CCOc1c(NCCO)nc(-c2ccc(NC(=O)Nc3ccccc3)cc2)nc1C(=O)N1CCOCC1. The van der Waals surface area contributed by atoms with Crippen LogP contribution < -0.4 is 20.7 Å². The zero-order valence-electron chi connectivity index (χ0n) is 20.6. The van der Waals surface area contributed by atoms with Crippen LogP contribution in [0.2, 0.25) is 0 Å². The Kier molecular flexibility index (Phi) is 8.84. The number of morpholine rings is 1. The molecule has 0 atom stereocenters. The van der Waals surface area contributed by atoms with Gasteiger partial charge in [0.15, 0.2) is 23.1 Å². The summed E-state index contributed by atoms with van der Waals surface area (Å²) < 4.78 is 11.2. The second kappa shape index (κ2) is 12.7. The average Bonchev–Trinajstić information content (AvgIpc) is 2.93. The maximum absolute atomic E-state index is 13.4. The number of benzene rings is 2. The Labute approximate surface area is 214 Å². The van der Waals surface area contributed by atoms with E-state index >= 15 is 0 Å². The molecule has 0 saturated carbocycles. The summed E-state index contributed by atoms with van der Waals surface area (Å²) in [5.41, 5.74) is 2.03. The molecule has 1 aliphatic rings. The van der Waals surface area contributed by atoms with E-state index in [0.717, 1.165) is 0 Å².